The minimum atomic E-state index is -3.99. The maximum absolute atomic E-state index is 13.9. The Labute approximate surface area is 144 Å². The van der Waals surface area contributed by atoms with Crippen LogP contribution in [0.5, 0.6) is 5.75 Å². The van der Waals surface area contributed by atoms with Gasteiger partial charge >= 0.3 is 0 Å². The van der Waals surface area contributed by atoms with Crippen molar-refractivity contribution >= 4 is 15.9 Å². The zero-order valence-electron chi connectivity index (χ0n) is 13.6. The molecule has 134 valence electrons. The lowest BCUT2D eigenvalue weighted by Gasteiger charge is -2.32. The van der Waals surface area contributed by atoms with Gasteiger partial charge < -0.3 is 10.1 Å². The standard InChI is InChI=1S/C15H17FN4O4S/c1-17-15(21)13-9-19(8-10-5-6-18-20(10)13)25(22,23)11-3-4-14(24-2)12(16)7-11/h3-7,13H,8-9H2,1-2H3,(H,17,21)/t13-/m1/s1. The predicted molar refractivity (Wildman–Crippen MR) is 85.9 cm³/mol. The van der Waals surface area contributed by atoms with E-state index in [0.717, 1.165) is 10.4 Å². The fourth-order valence-corrected chi connectivity index (χ4v) is 4.19. The minimum absolute atomic E-state index is 0.0427. The van der Waals surface area contributed by atoms with Crippen LogP contribution in [0, 0.1) is 5.82 Å². The molecule has 1 aromatic carbocycles. The Morgan fingerprint density at radius 3 is 2.80 bits per heavy atom. The average molecular weight is 368 g/mol. The number of benzene rings is 1. The highest BCUT2D eigenvalue weighted by atomic mass is 32.2. The van der Waals surface area contributed by atoms with E-state index in [-0.39, 0.29) is 29.6 Å². The molecule has 0 radical (unpaired) electrons. The van der Waals surface area contributed by atoms with Gasteiger partial charge in [0.15, 0.2) is 11.6 Å². The van der Waals surface area contributed by atoms with Crippen LogP contribution in [0.15, 0.2) is 35.4 Å². The van der Waals surface area contributed by atoms with Crippen LogP contribution in [0.2, 0.25) is 0 Å². The zero-order chi connectivity index (χ0) is 18.2. The van der Waals surface area contributed by atoms with Gasteiger partial charge in [0.05, 0.1) is 24.2 Å². The number of methoxy groups -OCH3 is 1. The van der Waals surface area contributed by atoms with Gasteiger partial charge in [-0.25, -0.2) is 12.8 Å². The van der Waals surface area contributed by atoms with Crippen LogP contribution in [-0.2, 0) is 21.4 Å². The molecule has 1 aliphatic heterocycles. The lowest BCUT2D eigenvalue weighted by molar-refractivity contribution is -0.124. The predicted octanol–water partition coefficient (Wildman–Crippen LogP) is 0.522. The molecule has 1 atom stereocenters. The van der Waals surface area contributed by atoms with Crippen LogP contribution in [-0.4, -0.2) is 49.1 Å². The zero-order valence-corrected chi connectivity index (χ0v) is 14.5. The molecule has 0 spiro atoms. The second-order valence-corrected chi connectivity index (χ2v) is 7.43. The molecule has 0 saturated heterocycles. The van der Waals surface area contributed by atoms with Crippen LogP contribution >= 0.6 is 0 Å². The van der Waals surface area contributed by atoms with E-state index < -0.39 is 21.9 Å². The number of fused-ring (bicyclic) bond motifs is 1. The maximum atomic E-state index is 13.9. The van der Waals surface area contributed by atoms with Crippen molar-refractivity contribution in [2.45, 2.75) is 17.5 Å². The molecule has 1 N–H and O–H groups in total. The smallest absolute Gasteiger partial charge is 0.246 e. The number of halogens is 1. The quantitative estimate of drug-likeness (QED) is 0.849. The number of amides is 1. The summed E-state index contributed by atoms with van der Waals surface area (Å²) < 4.78 is 47.1. The molecule has 8 nitrogen and oxygen atoms in total. The van der Waals surface area contributed by atoms with E-state index in [2.05, 4.69) is 10.4 Å². The van der Waals surface area contributed by atoms with E-state index in [9.17, 15) is 17.6 Å². The average Bonchev–Trinajstić information content (AvgIpc) is 3.08. The molecule has 1 amide bonds. The number of carbonyl (C=O) groups excluding carboxylic acids is 1. The van der Waals surface area contributed by atoms with E-state index in [4.69, 9.17) is 4.74 Å². The van der Waals surface area contributed by atoms with Gasteiger partial charge in [-0.3, -0.25) is 9.48 Å². The van der Waals surface area contributed by atoms with Gasteiger partial charge in [0.25, 0.3) is 0 Å². The van der Waals surface area contributed by atoms with Crippen molar-refractivity contribution in [1.82, 2.24) is 19.4 Å². The number of likely N-dealkylation sites (N-methyl/N-ethyl adjacent to an activating group) is 1. The highest BCUT2D eigenvalue weighted by molar-refractivity contribution is 7.89. The van der Waals surface area contributed by atoms with E-state index >= 15 is 0 Å². The normalized spacial score (nSPS) is 17.8. The summed E-state index contributed by atoms with van der Waals surface area (Å²) in [5, 5.41) is 6.59. The van der Waals surface area contributed by atoms with Gasteiger partial charge in [-0.2, -0.15) is 9.40 Å². The Kier molecular flexibility index (Phi) is 4.48. The number of nitrogens with one attached hydrogen (secondary N) is 1. The molecule has 0 saturated carbocycles. The highest BCUT2D eigenvalue weighted by Gasteiger charge is 2.37. The van der Waals surface area contributed by atoms with E-state index in [0.29, 0.717) is 5.69 Å². The molecule has 10 heteroatoms. The molecule has 1 aliphatic rings. The van der Waals surface area contributed by atoms with Crippen LogP contribution in [0.3, 0.4) is 0 Å². The Hall–Kier alpha value is -2.46. The SMILES string of the molecule is CNC(=O)[C@H]1CN(S(=O)(=O)c2ccc(OC)c(F)c2)Cc2ccnn21. The van der Waals surface area contributed by atoms with Gasteiger partial charge in [0.2, 0.25) is 15.9 Å². The summed E-state index contributed by atoms with van der Waals surface area (Å²) in [6.07, 6.45) is 1.51. The van der Waals surface area contributed by atoms with Crippen LogP contribution < -0.4 is 10.1 Å². The second kappa shape index (κ2) is 6.45. The Bertz CT molecular complexity index is 912. The number of aromatic nitrogens is 2. The van der Waals surface area contributed by atoms with Crippen LogP contribution in [0.25, 0.3) is 0 Å². The molecule has 2 aromatic rings. The minimum Gasteiger partial charge on any atom is -0.494 e. The van der Waals surface area contributed by atoms with Crippen LogP contribution in [0.4, 0.5) is 4.39 Å². The molecule has 0 bridgehead atoms. The van der Waals surface area contributed by atoms with Crippen molar-refractivity contribution in [3.05, 3.63) is 42.0 Å². The topological polar surface area (TPSA) is 93.5 Å². The molecule has 0 aliphatic carbocycles. The van der Waals surface area contributed by atoms with Gasteiger partial charge in [0, 0.05) is 19.8 Å². The largest absolute Gasteiger partial charge is 0.494 e. The number of hydrogen-bond donors (Lipinski definition) is 1. The van der Waals surface area contributed by atoms with Crippen molar-refractivity contribution in [3.63, 3.8) is 0 Å². The van der Waals surface area contributed by atoms with E-state index in [1.165, 1.54) is 37.2 Å². The summed E-state index contributed by atoms with van der Waals surface area (Å²) in [5.74, 6) is -1.17. The summed E-state index contributed by atoms with van der Waals surface area (Å²) in [4.78, 5) is 11.9. The lowest BCUT2D eigenvalue weighted by atomic mass is 10.2. The Morgan fingerprint density at radius 2 is 2.16 bits per heavy atom. The van der Waals surface area contributed by atoms with Crippen molar-refractivity contribution in [2.24, 2.45) is 0 Å². The van der Waals surface area contributed by atoms with Crippen molar-refractivity contribution < 1.29 is 22.3 Å². The van der Waals surface area contributed by atoms with Gasteiger partial charge in [0.1, 0.15) is 6.04 Å². The number of carbonyl (C=O) groups is 1. The monoisotopic (exact) mass is 368 g/mol. The maximum Gasteiger partial charge on any atom is 0.246 e. The third-order valence-electron chi connectivity index (χ3n) is 4.07. The number of rotatable bonds is 4. The Morgan fingerprint density at radius 1 is 1.40 bits per heavy atom. The number of sulfonamides is 1. The summed E-state index contributed by atoms with van der Waals surface area (Å²) in [5.41, 5.74) is 0.581. The first-order valence-corrected chi connectivity index (χ1v) is 8.90. The second-order valence-electron chi connectivity index (χ2n) is 5.49. The molecule has 25 heavy (non-hydrogen) atoms. The van der Waals surface area contributed by atoms with Gasteiger partial charge in [-0.05, 0) is 24.3 Å². The molecule has 0 unspecified atom stereocenters. The van der Waals surface area contributed by atoms with Crippen molar-refractivity contribution in [2.75, 3.05) is 20.7 Å². The van der Waals surface area contributed by atoms with Gasteiger partial charge in [-0.1, -0.05) is 0 Å². The fraction of sp³-hybridized carbons (Fsp3) is 0.333. The molecule has 0 fully saturated rings. The molecule has 2 heterocycles. The van der Waals surface area contributed by atoms with Crippen molar-refractivity contribution in [3.8, 4) is 5.75 Å². The van der Waals surface area contributed by atoms with Crippen molar-refractivity contribution in [1.29, 1.82) is 0 Å². The first-order valence-electron chi connectivity index (χ1n) is 7.46. The Balaban J connectivity index is 1.98. The third-order valence-corrected chi connectivity index (χ3v) is 5.88. The molecule has 3 rings (SSSR count). The molecule has 1 aromatic heterocycles. The van der Waals surface area contributed by atoms with Crippen LogP contribution in [0.1, 0.15) is 11.7 Å². The number of nitrogens with zero attached hydrogens (tertiary/aromatic N) is 3. The summed E-state index contributed by atoms with van der Waals surface area (Å²) in [6, 6.07) is 4.30. The molecular formula is C15H17FN4O4S. The van der Waals surface area contributed by atoms with E-state index in [1.807, 2.05) is 0 Å². The summed E-state index contributed by atoms with van der Waals surface area (Å²) in [7, 11) is -1.22. The first kappa shape index (κ1) is 17.4. The number of ether oxygens (including phenoxy) is 1. The first-order chi connectivity index (χ1) is 11.9. The lowest BCUT2D eigenvalue weighted by Crippen LogP contribution is -2.46. The number of hydrogen-bond acceptors (Lipinski definition) is 5. The summed E-state index contributed by atoms with van der Waals surface area (Å²) in [6.45, 7) is -0.0478. The van der Waals surface area contributed by atoms with Gasteiger partial charge in [-0.15, -0.1) is 0 Å². The third kappa shape index (κ3) is 2.98. The highest BCUT2D eigenvalue weighted by Crippen LogP contribution is 2.28. The fourth-order valence-electron chi connectivity index (χ4n) is 2.76. The summed E-state index contributed by atoms with van der Waals surface area (Å²) >= 11 is 0. The molecular weight excluding hydrogens is 351 g/mol. The van der Waals surface area contributed by atoms with E-state index in [1.54, 1.807) is 6.07 Å².